The van der Waals surface area contributed by atoms with Gasteiger partial charge in [-0.3, -0.25) is 9.79 Å². The summed E-state index contributed by atoms with van der Waals surface area (Å²) in [4.78, 5) is 18.5. The third-order valence-corrected chi connectivity index (χ3v) is 3.26. The minimum absolute atomic E-state index is 0.270. The molecule has 0 saturated carbocycles. The van der Waals surface area contributed by atoms with Gasteiger partial charge in [0, 0.05) is 12.5 Å². The van der Waals surface area contributed by atoms with Crippen molar-refractivity contribution in [1.82, 2.24) is 10.2 Å². The molecule has 4 nitrogen and oxygen atoms in total. The molecule has 0 radical (unpaired) electrons. The van der Waals surface area contributed by atoms with Gasteiger partial charge < -0.3 is 10.2 Å². The summed E-state index contributed by atoms with van der Waals surface area (Å²) < 4.78 is 0. The molecule has 0 aromatic rings. The zero-order chi connectivity index (χ0) is 10.7. The number of carbonyl (C=O) groups is 1. The summed E-state index contributed by atoms with van der Waals surface area (Å²) in [6.07, 6.45) is 2.56. The molecule has 4 heteroatoms. The molecule has 15 heavy (non-hydrogen) atoms. The molecule has 0 aromatic heterocycles. The number of hydrogen-bond donors (Lipinski definition) is 1. The second-order valence-corrected chi connectivity index (χ2v) is 4.48. The molecule has 0 bridgehead atoms. The highest BCUT2D eigenvalue weighted by atomic mass is 16.1. The van der Waals surface area contributed by atoms with E-state index in [1.807, 2.05) is 0 Å². The summed E-state index contributed by atoms with van der Waals surface area (Å²) in [5, 5.41) is 3.15. The summed E-state index contributed by atoms with van der Waals surface area (Å²) in [5.74, 6) is 1.54. The van der Waals surface area contributed by atoms with Gasteiger partial charge in [-0.25, -0.2) is 0 Å². The largest absolute Gasteiger partial charge is 0.372 e. The van der Waals surface area contributed by atoms with E-state index in [4.69, 9.17) is 0 Å². The van der Waals surface area contributed by atoms with Crippen molar-refractivity contribution in [2.24, 2.45) is 10.9 Å². The number of carbonyl (C=O) groups excluding carboxylic acids is 1. The Labute approximate surface area is 90.7 Å². The van der Waals surface area contributed by atoms with Gasteiger partial charge in [0.05, 0.1) is 13.0 Å². The maximum atomic E-state index is 11.9. The van der Waals surface area contributed by atoms with Crippen LogP contribution >= 0.6 is 0 Å². The molecule has 0 aromatic carbocycles. The molecule has 0 aliphatic carbocycles. The van der Waals surface area contributed by atoms with E-state index < -0.39 is 0 Å². The highest BCUT2D eigenvalue weighted by molar-refractivity contribution is 6.02. The van der Waals surface area contributed by atoms with E-state index >= 15 is 0 Å². The summed E-state index contributed by atoms with van der Waals surface area (Å²) in [7, 11) is 2.11. The van der Waals surface area contributed by atoms with Crippen molar-refractivity contribution < 1.29 is 4.79 Å². The van der Waals surface area contributed by atoms with Gasteiger partial charge in [-0.15, -0.1) is 0 Å². The summed E-state index contributed by atoms with van der Waals surface area (Å²) in [5.41, 5.74) is 0. The number of likely N-dealkylation sites (tertiary alicyclic amines) is 1. The third kappa shape index (κ3) is 2.78. The van der Waals surface area contributed by atoms with Gasteiger partial charge in [-0.05, 0) is 33.0 Å². The zero-order valence-electron chi connectivity index (χ0n) is 9.33. The first-order chi connectivity index (χ1) is 7.25. The minimum Gasteiger partial charge on any atom is -0.372 e. The first-order valence-corrected chi connectivity index (χ1v) is 5.74. The van der Waals surface area contributed by atoms with Crippen molar-refractivity contribution in [3.63, 3.8) is 0 Å². The standard InChI is InChI=1S/C11H19N3O/c1-14-6-2-9(3-7-14)10(15)8-11-12-4-5-13-11/h9H,2-8H2,1H3,(H,12,13). The summed E-state index contributed by atoms with van der Waals surface area (Å²) in [6.45, 7) is 3.83. The number of aliphatic imine (C=N–C) groups is 1. The van der Waals surface area contributed by atoms with E-state index in [2.05, 4.69) is 22.3 Å². The van der Waals surface area contributed by atoms with Crippen LogP contribution in [0, 0.1) is 5.92 Å². The van der Waals surface area contributed by atoms with E-state index in [-0.39, 0.29) is 5.92 Å². The van der Waals surface area contributed by atoms with Crippen LogP contribution in [0.1, 0.15) is 19.3 Å². The first-order valence-electron chi connectivity index (χ1n) is 5.74. The molecule has 84 valence electrons. The first kappa shape index (κ1) is 10.6. The molecule has 2 heterocycles. The molecule has 2 aliphatic rings. The number of hydrogen-bond acceptors (Lipinski definition) is 4. The lowest BCUT2D eigenvalue weighted by Crippen LogP contribution is -2.35. The Hall–Kier alpha value is -0.900. The Balaban J connectivity index is 1.80. The Morgan fingerprint density at radius 2 is 2.27 bits per heavy atom. The lowest BCUT2D eigenvalue weighted by atomic mass is 9.91. The highest BCUT2D eigenvalue weighted by Gasteiger charge is 2.24. The van der Waals surface area contributed by atoms with E-state index in [1.54, 1.807) is 0 Å². The van der Waals surface area contributed by atoms with Crippen molar-refractivity contribution in [3.8, 4) is 0 Å². The number of Topliss-reactive ketones (excluding diaryl/α,β-unsaturated/α-hetero) is 1. The average molecular weight is 209 g/mol. The van der Waals surface area contributed by atoms with Crippen molar-refractivity contribution in [3.05, 3.63) is 0 Å². The minimum atomic E-state index is 0.270. The topological polar surface area (TPSA) is 44.7 Å². The van der Waals surface area contributed by atoms with E-state index in [0.29, 0.717) is 12.2 Å². The normalized spacial score (nSPS) is 23.7. The van der Waals surface area contributed by atoms with E-state index in [9.17, 15) is 4.79 Å². The number of nitrogens with one attached hydrogen (secondary N) is 1. The summed E-state index contributed by atoms with van der Waals surface area (Å²) in [6, 6.07) is 0. The fourth-order valence-corrected chi connectivity index (χ4v) is 2.21. The molecule has 0 spiro atoms. The van der Waals surface area contributed by atoms with Crippen LogP contribution < -0.4 is 5.32 Å². The number of amidine groups is 1. The Morgan fingerprint density at radius 1 is 1.53 bits per heavy atom. The van der Waals surface area contributed by atoms with Crippen molar-refractivity contribution in [2.45, 2.75) is 19.3 Å². The number of ketones is 1. The molecule has 1 fully saturated rings. The van der Waals surface area contributed by atoms with Crippen molar-refractivity contribution in [1.29, 1.82) is 0 Å². The molecule has 1 saturated heterocycles. The van der Waals surface area contributed by atoms with Crippen LogP contribution in [0.3, 0.4) is 0 Å². The average Bonchev–Trinajstić information content (AvgIpc) is 2.71. The maximum absolute atomic E-state index is 11.9. The molecule has 1 N–H and O–H groups in total. The Morgan fingerprint density at radius 3 is 2.87 bits per heavy atom. The van der Waals surface area contributed by atoms with Gasteiger partial charge >= 0.3 is 0 Å². The molecular weight excluding hydrogens is 190 g/mol. The maximum Gasteiger partial charge on any atom is 0.143 e. The molecule has 0 amide bonds. The van der Waals surface area contributed by atoms with Gasteiger partial charge in [0.1, 0.15) is 11.6 Å². The summed E-state index contributed by atoms with van der Waals surface area (Å²) >= 11 is 0. The van der Waals surface area contributed by atoms with Gasteiger partial charge in [0.2, 0.25) is 0 Å². The molecular formula is C11H19N3O. The number of nitrogens with zero attached hydrogens (tertiary/aromatic N) is 2. The zero-order valence-corrected chi connectivity index (χ0v) is 9.33. The highest BCUT2D eigenvalue weighted by Crippen LogP contribution is 2.18. The third-order valence-electron chi connectivity index (χ3n) is 3.26. The predicted molar refractivity (Wildman–Crippen MR) is 60.1 cm³/mol. The van der Waals surface area contributed by atoms with E-state index in [1.165, 1.54) is 0 Å². The monoisotopic (exact) mass is 209 g/mol. The van der Waals surface area contributed by atoms with Crippen LogP contribution in [0.25, 0.3) is 0 Å². The van der Waals surface area contributed by atoms with Gasteiger partial charge in [0.25, 0.3) is 0 Å². The van der Waals surface area contributed by atoms with Crippen LogP contribution in [0.2, 0.25) is 0 Å². The second kappa shape index (κ2) is 4.75. The molecule has 0 unspecified atom stereocenters. The van der Waals surface area contributed by atoms with Crippen molar-refractivity contribution in [2.75, 3.05) is 33.2 Å². The van der Waals surface area contributed by atoms with Crippen molar-refractivity contribution >= 4 is 11.6 Å². The predicted octanol–water partition coefficient (Wildman–Crippen LogP) is 0.289. The second-order valence-electron chi connectivity index (χ2n) is 4.48. The number of rotatable bonds is 3. The van der Waals surface area contributed by atoms with Crippen LogP contribution in [0.4, 0.5) is 0 Å². The Kier molecular flexibility index (Phi) is 3.36. The Bertz CT molecular complexity index is 267. The van der Waals surface area contributed by atoms with E-state index in [0.717, 1.165) is 44.9 Å². The van der Waals surface area contributed by atoms with Gasteiger partial charge in [-0.2, -0.15) is 0 Å². The van der Waals surface area contributed by atoms with Crippen LogP contribution in [0.5, 0.6) is 0 Å². The van der Waals surface area contributed by atoms with Crippen LogP contribution in [-0.4, -0.2) is 49.7 Å². The quantitative estimate of drug-likeness (QED) is 0.726. The lowest BCUT2D eigenvalue weighted by molar-refractivity contribution is -0.123. The number of piperidine rings is 1. The fourth-order valence-electron chi connectivity index (χ4n) is 2.21. The molecule has 2 rings (SSSR count). The molecule has 0 atom stereocenters. The smallest absolute Gasteiger partial charge is 0.143 e. The lowest BCUT2D eigenvalue weighted by Gasteiger charge is -2.27. The van der Waals surface area contributed by atoms with Crippen LogP contribution in [-0.2, 0) is 4.79 Å². The SMILES string of the molecule is CN1CCC(C(=O)CC2=NCCN2)CC1. The van der Waals surface area contributed by atoms with Gasteiger partial charge in [-0.1, -0.05) is 0 Å². The van der Waals surface area contributed by atoms with Gasteiger partial charge in [0.15, 0.2) is 0 Å². The van der Waals surface area contributed by atoms with Crippen LogP contribution in [0.15, 0.2) is 4.99 Å². The molecule has 2 aliphatic heterocycles. The fraction of sp³-hybridized carbons (Fsp3) is 0.818.